The van der Waals surface area contributed by atoms with Crippen molar-refractivity contribution in [3.63, 3.8) is 0 Å². The van der Waals surface area contributed by atoms with Crippen LogP contribution in [0.3, 0.4) is 0 Å². The van der Waals surface area contributed by atoms with Gasteiger partial charge in [-0.2, -0.15) is 0 Å². The molecule has 0 aliphatic heterocycles. The van der Waals surface area contributed by atoms with Crippen molar-refractivity contribution in [2.24, 2.45) is 0 Å². The lowest BCUT2D eigenvalue weighted by Gasteiger charge is -2.12. The Morgan fingerprint density at radius 1 is 1.12 bits per heavy atom. The first-order valence-electron chi connectivity index (χ1n) is 8.37. The average Bonchev–Trinajstić information content (AvgIpc) is 2.60. The van der Waals surface area contributed by atoms with Crippen LogP contribution in [0, 0.1) is 6.92 Å². The molecule has 26 heavy (non-hydrogen) atoms. The van der Waals surface area contributed by atoms with E-state index in [0.29, 0.717) is 24.2 Å². The van der Waals surface area contributed by atoms with Crippen molar-refractivity contribution in [3.8, 4) is 5.75 Å². The van der Waals surface area contributed by atoms with Crippen molar-refractivity contribution in [1.29, 1.82) is 0 Å². The average molecular weight is 362 g/mol. The van der Waals surface area contributed by atoms with Gasteiger partial charge < -0.3 is 18.6 Å². The molecule has 0 saturated heterocycles. The molecule has 0 aliphatic rings. The highest BCUT2D eigenvalue weighted by Crippen LogP contribution is 2.28. The van der Waals surface area contributed by atoms with Gasteiger partial charge in [0.15, 0.2) is 0 Å². The molecule has 0 bridgehead atoms. The van der Waals surface area contributed by atoms with Gasteiger partial charge in [0.25, 0.3) is 0 Å². The molecule has 7 heteroatoms. The predicted molar refractivity (Wildman–Crippen MR) is 94.3 cm³/mol. The number of fused-ring (bicyclic) bond motifs is 1. The summed E-state index contributed by atoms with van der Waals surface area (Å²) in [5.74, 6) is -0.503. The van der Waals surface area contributed by atoms with Crippen molar-refractivity contribution in [3.05, 3.63) is 39.7 Å². The molecule has 0 radical (unpaired) electrons. The number of rotatable bonds is 8. The van der Waals surface area contributed by atoms with Crippen LogP contribution in [0.15, 0.2) is 27.4 Å². The SMILES string of the molecule is CCC(=O)Oc1cc2oc(=O)cc(C)c2cc1CCC(=O)OCCOC. The fourth-order valence-corrected chi connectivity index (χ4v) is 2.42. The van der Waals surface area contributed by atoms with E-state index in [0.717, 1.165) is 10.9 Å². The maximum absolute atomic E-state index is 11.8. The van der Waals surface area contributed by atoms with Crippen LogP contribution in [0.4, 0.5) is 0 Å². The summed E-state index contributed by atoms with van der Waals surface area (Å²) in [5, 5.41) is 0.726. The molecule has 0 spiro atoms. The summed E-state index contributed by atoms with van der Waals surface area (Å²) >= 11 is 0. The summed E-state index contributed by atoms with van der Waals surface area (Å²) in [4.78, 5) is 35.1. The Morgan fingerprint density at radius 3 is 2.58 bits per heavy atom. The third kappa shape index (κ3) is 5.16. The largest absolute Gasteiger partial charge is 0.463 e. The van der Waals surface area contributed by atoms with E-state index in [9.17, 15) is 14.4 Å². The molecular weight excluding hydrogens is 340 g/mol. The Morgan fingerprint density at radius 2 is 1.88 bits per heavy atom. The first kappa shape index (κ1) is 19.7. The second kappa shape index (κ2) is 9.15. The number of hydrogen-bond acceptors (Lipinski definition) is 7. The molecular formula is C19H22O7. The van der Waals surface area contributed by atoms with Crippen LogP contribution in [0.1, 0.15) is 30.9 Å². The summed E-state index contributed by atoms with van der Waals surface area (Å²) in [5.41, 5.74) is 1.27. The van der Waals surface area contributed by atoms with Crippen LogP contribution in [-0.2, 0) is 25.5 Å². The Hall–Kier alpha value is -2.67. The zero-order valence-electron chi connectivity index (χ0n) is 15.1. The van der Waals surface area contributed by atoms with Gasteiger partial charge >= 0.3 is 17.6 Å². The van der Waals surface area contributed by atoms with Crippen LogP contribution in [0.5, 0.6) is 5.75 Å². The lowest BCUT2D eigenvalue weighted by Crippen LogP contribution is -2.12. The Bertz CT molecular complexity index is 851. The second-order valence-corrected chi connectivity index (χ2v) is 5.75. The third-order valence-electron chi connectivity index (χ3n) is 3.79. The van der Waals surface area contributed by atoms with Crippen molar-refractivity contribution in [2.75, 3.05) is 20.3 Å². The van der Waals surface area contributed by atoms with Gasteiger partial charge in [-0.3, -0.25) is 9.59 Å². The molecule has 0 fully saturated rings. The van der Waals surface area contributed by atoms with E-state index >= 15 is 0 Å². The van der Waals surface area contributed by atoms with E-state index in [4.69, 9.17) is 18.6 Å². The molecule has 0 N–H and O–H groups in total. The topological polar surface area (TPSA) is 92.0 Å². The standard InChI is InChI=1S/C19H22O7/c1-4-17(20)25-15-11-16-14(12(2)9-19(22)26-16)10-13(15)5-6-18(21)24-8-7-23-3/h9-11H,4-8H2,1-3H3. The van der Waals surface area contributed by atoms with Gasteiger partial charge in [0.1, 0.15) is 17.9 Å². The number of hydrogen-bond donors (Lipinski definition) is 0. The Kier molecular flexibility index (Phi) is 6.91. The normalized spacial score (nSPS) is 10.7. The molecule has 0 atom stereocenters. The molecule has 2 aromatic rings. The highest BCUT2D eigenvalue weighted by atomic mass is 16.6. The molecule has 0 unspecified atom stereocenters. The molecule has 7 nitrogen and oxygen atoms in total. The maximum Gasteiger partial charge on any atom is 0.336 e. The minimum Gasteiger partial charge on any atom is -0.463 e. The zero-order chi connectivity index (χ0) is 19.1. The van der Waals surface area contributed by atoms with Crippen molar-refractivity contribution >= 4 is 22.9 Å². The summed E-state index contributed by atoms with van der Waals surface area (Å²) in [6.07, 6.45) is 0.655. The lowest BCUT2D eigenvalue weighted by atomic mass is 10.0. The number of carbonyl (C=O) groups excluding carboxylic acids is 2. The van der Waals surface area contributed by atoms with E-state index in [1.165, 1.54) is 19.2 Å². The van der Waals surface area contributed by atoms with Gasteiger partial charge in [-0.25, -0.2) is 4.79 Å². The van der Waals surface area contributed by atoms with E-state index in [2.05, 4.69) is 0 Å². The van der Waals surface area contributed by atoms with Crippen LogP contribution in [0.25, 0.3) is 11.0 Å². The molecule has 2 rings (SSSR count). The third-order valence-corrected chi connectivity index (χ3v) is 3.79. The highest BCUT2D eigenvalue weighted by Gasteiger charge is 2.15. The van der Waals surface area contributed by atoms with Crippen LogP contribution >= 0.6 is 0 Å². The minimum atomic E-state index is -0.475. The number of esters is 2. The monoisotopic (exact) mass is 362 g/mol. The van der Waals surface area contributed by atoms with E-state index < -0.39 is 11.6 Å². The van der Waals surface area contributed by atoms with E-state index in [1.54, 1.807) is 19.9 Å². The molecule has 0 amide bonds. The fourth-order valence-electron chi connectivity index (χ4n) is 2.42. The van der Waals surface area contributed by atoms with Gasteiger partial charge in [-0.1, -0.05) is 6.92 Å². The molecule has 1 aromatic heterocycles. The summed E-state index contributed by atoms with van der Waals surface area (Å²) < 4.78 is 20.4. The predicted octanol–water partition coefficient (Wildman–Crippen LogP) is 2.54. The Balaban J connectivity index is 2.29. The quantitative estimate of drug-likeness (QED) is 0.308. The number of aryl methyl sites for hydroxylation is 2. The summed E-state index contributed by atoms with van der Waals surface area (Å²) in [6.45, 7) is 3.99. The number of methoxy groups -OCH3 is 1. The molecule has 0 saturated carbocycles. The van der Waals surface area contributed by atoms with Crippen molar-refractivity contribution in [2.45, 2.75) is 33.1 Å². The summed E-state index contributed by atoms with van der Waals surface area (Å²) in [6, 6.07) is 4.68. The van der Waals surface area contributed by atoms with Crippen molar-refractivity contribution in [1.82, 2.24) is 0 Å². The number of ether oxygens (including phenoxy) is 3. The fraction of sp³-hybridized carbons (Fsp3) is 0.421. The number of carbonyl (C=O) groups is 2. The molecule has 1 aromatic carbocycles. The van der Waals surface area contributed by atoms with Crippen LogP contribution in [0.2, 0.25) is 0 Å². The molecule has 140 valence electrons. The van der Waals surface area contributed by atoms with Gasteiger partial charge in [0.05, 0.1) is 6.61 Å². The molecule has 1 heterocycles. The second-order valence-electron chi connectivity index (χ2n) is 5.75. The first-order chi connectivity index (χ1) is 12.4. The van der Waals surface area contributed by atoms with Crippen LogP contribution in [-0.4, -0.2) is 32.3 Å². The van der Waals surface area contributed by atoms with E-state index in [-0.39, 0.29) is 31.2 Å². The number of benzene rings is 1. The highest BCUT2D eigenvalue weighted by molar-refractivity contribution is 5.84. The van der Waals surface area contributed by atoms with Gasteiger partial charge in [0.2, 0.25) is 0 Å². The van der Waals surface area contributed by atoms with Gasteiger partial charge in [0, 0.05) is 37.5 Å². The maximum atomic E-state index is 11.8. The summed E-state index contributed by atoms with van der Waals surface area (Å²) in [7, 11) is 1.53. The lowest BCUT2D eigenvalue weighted by molar-refractivity contribution is -0.144. The van der Waals surface area contributed by atoms with Crippen molar-refractivity contribution < 1.29 is 28.2 Å². The Labute approximate surface area is 150 Å². The molecule has 0 aliphatic carbocycles. The van der Waals surface area contributed by atoms with Crippen LogP contribution < -0.4 is 10.4 Å². The smallest absolute Gasteiger partial charge is 0.336 e. The first-order valence-corrected chi connectivity index (χ1v) is 8.37. The zero-order valence-corrected chi connectivity index (χ0v) is 15.1. The van der Waals surface area contributed by atoms with E-state index in [1.807, 2.05) is 0 Å². The van der Waals surface area contributed by atoms with Gasteiger partial charge in [-0.15, -0.1) is 0 Å². The minimum absolute atomic E-state index is 0.127. The van der Waals surface area contributed by atoms with Gasteiger partial charge in [-0.05, 0) is 30.5 Å².